The summed E-state index contributed by atoms with van der Waals surface area (Å²) in [6.45, 7) is 0.0748. The molecule has 0 atom stereocenters. The molecule has 178 valence electrons. The number of hydrogen-bond donors (Lipinski definition) is 1. The van der Waals surface area contributed by atoms with Gasteiger partial charge < -0.3 is 10.1 Å². The summed E-state index contributed by atoms with van der Waals surface area (Å²) in [5, 5.41) is 12.1. The standard InChI is InChI=1S/C26H22ClN3O4S/c27-22-15-21(35(32,33)30-14-11-18-3-1-2-4-23(18)30)9-10-24(22)34-16-25(31)29-20-7-5-19(6-8-20)26(17-28)12-13-26/h1-10,15H,11-14,16H2,(H,29,31). The van der Waals surface area contributed by atoms with Gasteiger partial charge in [-0.25, -0.2) is 8.42 Å². The highest BCUT2D eigenvalue weighted by atomic mass is 35.5. The Kier molecular flexibility index (Phi) is 5.91. The van der Waals surface area contributed by atoms with Crippen LogP contribution in [-0.2, 0) is 26.7 Å². The van der Waals surface area contributed by atoms with E-state index in [0.717, 1.165) is 24.0 Å². The highest BCUT2D eigenvalue weighted by Gasteiger charge is 2.44. The number of halogens is 1. The van der Waals surface area contributed by atoms with Crippen molar-refractivity contribution in [2.45, 2.75) is 29.6 Å². The lowest BCUT2D eigenvalue weighted by molar-refractivity contribution is -0.118. The topological polar surface area (TPSA) is 99.5 Å². The summed E-state index contributed by atoms with van der Waals surface area (Å²) in [7, 11) is -3.78. The van der Waals surface area contributed by atoms with Crippen LogP contribution in [0.1, 0.15) is 24.0 Å². The summed E-state index contributed by atoms with van der Waals surface area (Å²) in [5.41, 5.74) is 2.83. The van der Waals surface area contributed by atoms with Gasteiger partial charge >= 0.3 is 0 Å². The third-order valence-corrected chi connectivity index (χ3v) is 8.48. The van der Waals surface area contributed by atoms with Crippen molar-refractivity contribution < 1.29 is 17.9 Å². The van der Waals surface area contributed by atoms with E-state index in [0.29, 0.717) is 24.3 Å². The molecule has 3 aromatic carbocycles. The maximum absolute atomic E-state index is 13.2. The number of nitrogens with one attached hydrogen (secondary N) is 1. The van der Waals surface area contributed by atoms with Crippen LogP contribution in [0.5, 0.6) is 5.75 Å². The monoisotopic (exact) mass is 507 g/mol. The number of carbonyl (C=O) groups excluding carboxylic acids is 1. The summed E-state index contributed by atoms with van der Waals surface area (Å²) in [6.07, 6.45) is 2.37. The van der Waals surface area contributed by atoms with E-state index >= 15 is 0 Å². The van der Waals surface area contributed by atoms with Crippen LogP contribution in [0.25, 0.3) is 0 Å². The summed E-state index contributed by atoms with van der Waals surface area (Å²) >= 11 is 6.30. The lowest BCUT2D eigenvalue weighted by Gasteiger charge is -2.20. The number of fused-ring (bicyclic) bond motifs is 1. The molecule has 7 nitrogen and oxygen atoms in total. The zero-order valence-corrected chi connectivity index (χ0v) is 20.3. The first-order valence-electron chi connectivity index (χ1n) is 11.2. The third-order valence-electron chi connectivity index (χ3n) is 6.38. The molecule has 3 aromatic rings. The zero-order valence-electron chi connectivity index (χ0n) is 18.7. The summed E-state index contributed by atoms with van der Waals surface area (Å²) in [6, 6.07) is 21.2. The number of sulfonamides is 1. The molecule has 1 fully saturated rings. The van der Waals surface area contributed by atoms with Gasteiger partial charge in [-0.15, -0.1) is 0 Å². The number of ether oxygens (including phenoxy) is 1. The van der Waals surface area contributed by atoms with Crippen molar-refractivity contribution in [3.63, 3.8) is 0 Å². The lowest BCUT2D eigenvalue weighted by atomic mass is 9.98. The van der Waals surface area contributed by atoms with Crippen LogP contribution in [-0.4, -0.2) is 27.5 Å². The van der Waals surface area contributed by atoms with E-state index in [1.165, 1.54) is 22.5 Å². The number of nitriles is 1. The predicted molar refractivity (Wildman–Crippen MR) is 133 cm³/mol. The van der Waals surface area contributed by atoms with E-state index in [4.69, 9.17) is 16.3 Å². The third kappa shape index (κ3) is 4.45. The molecule has 5 rings (SSSR count). The fourth-order valence-electron chi connectivity index (χ4n) is 4.25. The fourth-order valence-corrected chi connectivity index (χ4v) is 6.08. The molecule has 1 heterocycles. The van der Waals surface area contributed by atoms with Gasteiger partial charge in [-0.3, -0.25) is 9.10 Å². The van der Waals surface area contributed by atoms with Crippen LogP contribution in [0.4, 0.5) is 11.4 Å². The van der Waals surface area contributed by atoms with Crippen molar-refractivity contribution in [3.05, 3.63) is 82.9 Å². The quantitative estimate of drug-likeness (QED) is 0.501. The zero-order chi connectivity index (χ0) is 24.6. The first-order chi connectivity index (χ1) is 16.8. The second kappa shape index (κ2) is 8.91. The van der Waals surface area contributed by atoms with Crippen LogP contribution < -0.4 is 14.4 Å². The van der Waals surface area contributed by atoms with Crippen LogP contribution in [0.15, 0.2) is 71.6 Å². The summed E-state index contributed by atoms with van der Waals surface area (Å²) in [4.78, 5) is 12.4. The SMILES string of the molecule is N#CC1(c2ccc(NC(=O)COc3ccc(S(=O)(=O)N4CCc5ccccc54)cc3Cl)cc2)CC1. The molecule has 1 amide bonds. The summed E-state index contributed by atoms with van der Waals surface area (Å²) in [5.74, 6) is -0.178. The van der Waals surface area contributed by atoms with Crippen molar-refractivity contribution >= 4 is 38.9 Å². The van der Waals surface area contributed by atoms with Crippen LogP contribution in [0.2, 0.25) is 5.02 Å². The molecule has 0 saturated heterocycles. The van der Waals surface area contributed by atoms with Crippen LogP contribution in [0, 0.1) is 11.3 Å². The van der Waals surface area contributed by atoms with Gasteiger partial charge in [0.1, 0.15) is 5.75 Å². The Morgan fingerprint density at radius 1 is 1.11 bits per heavy atom. The molecule has 1 N–H and O–H groups in total. The second-order valence-electron chi connectivity index (χ2n) is 8.66. The van der Waals surface area contributed by atoms with Crippen molar-refractivity contribution in [3.8, 4) is 11.8 Å². The van der Waals surface area contributed by atoms with Crippen LogP contribution in [0.3, 0.4) is 0 Å². The Labute approximate surface area is 208 Å². The second-order valence-corrected chi connectivity index (χ2v) is 10.9. The van der Waals surface area contributed by atoms with Gasteiger partial charge in [0, 0.05) is 12.2 Å². The highest BCUT2D eigenvalue weighted by Crippen LogP contribution is 2.47. The van der Waals surface area contributed by atoms with Gasteiger partial charge in [0.15, 0.2) is 6.61 Å². The number of rotatable bonds is 7. The van der Waals surface area contributed by atoms with E-state index in [1.54, 1.807) is 18.2 Å². The molecule has 1 saturated carbocycles. The Morgan fingerprint density at radius 3 is 2.54 bits per heavy atom. The highest BCUT2D eigenvalue weighted by molar-refractivity contribution is 7.92. The summed E-state index contributed by atoms with van der Waals surface area (Å²) < 4.78 is 33.3. The molecule has 0 unspecified atom stereocenters. The molecule has 0 bridgehead atoms. The Hall–Kier alpha value is -3.54. The number of benzene rings is 3. The molecule has 0 aromatic heterocycles. The normalized spacial score (nSPS) is 15.7. The number of nitrogens with zero attached hydrogens (tertiary/aromatic N) is 2. The average Bonchev–Trinajstić information content (AvgIpc) is 3.54. The largest absolute Gasteiger partial charge is 0.482 e. The molecule has 9 heteroatoms. The molecular weight excluding hydrogens is 486 g/mol. The number of carbonyl (C=O) groups is 1. The minimum atomic E-state index is -3.78. The van der Waals surface area contributed by atoms with Gasteiger partial charge in [0.2, 0.25) is 0 Å². The average molecular weight is 508 g/mol. The number of amides is 1. The Morgan fingerprint density at radius 2 is 1.86 bits per heavy atom. The van der Waals surface area contributed by atoms with E-state index < -0.39 is 10.0 Å². The number of para-hydroxylation sites is 1. The molecule has 1 aliphatic heterocycles. The molecule has 2 aliphatic rings. The van der Waals surface area contributed by atoms with E-state index in [9.17, 15) is 18.5 Å². The van der Waals surface area contributed by atoms with Gasteiger partial charge in [0.05, 0.1) is 27.1 Å². The van der Waals surface area contributed by atoms with Crippen LogP contribution >= 0.6 is 11.6 Å². The van der Waals surface area contributed by atoms with E-state index in [2.05, 4.69) is 11.4 Å². The van der Waals surface area contributed by atoms with E-state index in [-0.39, 0.29) is 33.6 Å². The Balaban J connectivity index is 1.22. The smallest absolute Gasteiger partial charge is 0.264 e. The molecular formula is C26H22ClN3O4S. The molecule has 35 heavy (non-hydrogen) atoms. The van der Waals surface area contributed by atoms with Gasteiger partial charge in [-0.2, -0.15) is 5.26 Å². The minimum absolute atomic E-state index is 0.0573. The molecule has 1 aliphatic carbocycles. The van der Waals surface area contributed by atoms with Crippen molar-refractivity contribution in [2.75, 3.05) is 22.8 Å². The van der Waals surface area contributed by atoms with Crippen molar-refractivity contribution in [1.82, 2.24) is 0 Å². The molecule has 0 radical (unpaired) electrons. The van der Waals surface area contributed by atoms with Gasteiger partial charge in [0.25, 0.3) is 15.9 Å². The van der Waals surface area contributed by atoms with Gasteiger partial charge in [-0.05, 0) is 66.8 Å². The fraction of sp³-hybridized carbons (Fsp3) is 0.231. The first-order valence-corrected chi connectivity index (χ1v) is 13.0. The van der Waals surface area contributed by atoms with Crippen molar-refractivity contribution in [1.29, 1.82) is 5.26 Å². The first kappa shape index (κ1) is 23.2. The maximum atomic E-state index is 13.2. The van der Waals surface area contributed by atoms with Crippen molar-refractivity contribution in [2.24, 2.45) is 0 Å². The molecule has 0 spiro atoms. The lowest BCUT2D eigenvalue weighted by Crippen LogP contribution is -2.29. The van der Waals surface area contributed by atoms with Gasteiger partial charge in [-0.1, -0.05) is 41.9 Å². The minimum Gasteiger partial charge on any atom is -0.482 e. The predicted octanol–water partition coefficient (Wildman–Crippen LogP) is 4.66. The maximum Gasteiger partial charge on any atom is 0.264 e. The number of hydrogen-bond acceptors (Lipinski definition) is 5. The Bertz CT molecular complexity index is 1440. The van der Waals surface area contributed by atoms with E-state index in [1.807, 2.05) is 30.3 Å². The number of anilines is 2.